The van der Waals surface area contributed by atoms with Crippen molar-refractivity contribution < 1.29 is 14.6 Å². The molecule has 1 saturated carbocycles. The van der Waals surface area contributed by atoms with Crippen molar-refractivity contribution in [1.29, 1.82) is 0 Å². The fourth-order valence-electron chi connectivity index (χ4n) is 3.18. The summed E-state index contributed by atoms with van der Waals surface area (Å²) in [5.74, 6) is 0. The zero-order chi connectivity index (χ0) is 13.5. The smallest absolute Gasteiger partial charge is 0.0791 e. The van der Waals surface area contributed by atoms with Crippen molar-refractivity contribution in [2.24, 2.45) is 0 Å². The summed E-state index contributed by atoms with van der Waals surface area (Å²) in [6.45, 7) is 4.64. The fourth-order valence-corrected chi connectivity index (χ4v) is 3.18. The first-order chi connectivity index (χ1) is 9.31. The van der Waals surface area contributed by atoms with Gasteiger partial charge in [-0.25, -0.2) is 0 Å². The third-order valence-corrected chi connectivity index (χ3v) is 4.16. The van der Waals surface area contributed by atoms with Crippen molar-refractivity contribution in [2.45, 2.75) is 43.9 Å². The van der Waals surface area contributed by atoms with Crippen LogP contribution in [0.1, 0.15) is 25.7 Å². The second-order valence-electron chi connectivity index (χ2n) is 5.61. The van der Waals surface area contributed by atoms with Gasteiger partial charge in [-0.3, -0.25) is 4.90 Å². The maximum atomic E-state index is 10.1. The number of hydrogen-bond acceptors (Lipinski definition) is 5. The number of nitrogens with one attached hydrogen (secondary N) is 1. The van der Waals surface area contributed by atoms with E-state index in [0.29, 0.717) is 25.3 Å². The minimum atomic E-state index is -0.308. The Balaban J connectivity index is 1.70. The third kappa shape index (κ3) is 4.68. The van der Waals surface area contributed by atoms with E-state index < -0.39 is 0 Å². The van der Waals surface area contributed by atoms with Crippen LogP contribution in [0, 0.1) is 0 Å². The van der Waals surface area contributed by atoms with Crippen LogP contribution in [0.4, 0.5) is 0 Å². The molecule has 3 unspecified atom stereocenters. The van der Waals surface area contributed by atoms with Gasteiger partial charge >= 0.3 is 0 Å². The summed E-state index contributed by atoms with van der Waals surface area (Å²) in [4.78, 5) is 2.43. The van der Waals surface area contributed by atoms with Gasteiger partial charge in [0.2, 0.25) is 0 Å². The Hall–Kier alpha value is -0.200. The maximum Gasteiger partial charge on any atom is 0.0791 e. The van der Waals surface area contributed by atoms with Crippen molar-refractivity contribution in [3.8, 4) is 0 Å². The zero-order valence-electron chi connectivity index (χ0n) is 12.0. The van der Waals surface area contributed by atoms with Gasteiger partial charge in [-0.2, -0.15) is 0 Å². The van der Waals surface area contributed by atoms with Crippen LogP contribution in [0.5, 0.6) is 0 Å². The predicted octanol–water partition coefficient (Wildman–Crippen LogP) is 0.227. The van der Waals surface area contributed by atoms with Crippen molar-refractivity contribution in [1.82, 2.24) is 10.2 Å². The number of morpholine rings is 1. The average molecular weight is 272 g/mol. The van der Waals surface area contributed by atoms with Crippen LogP contribution in [-0.2, 0) is 9.47 Å². The highest BCUT2D eigenvalue weighted by Gasteiger charge is 2.34. The second kappa shape index (κ2) is 8.17. The van der Waals surface area contributed by atoms with Crippen LogP contribution in [-0.4, -0.2) is 74.8 Å². The van der Waals surface area contributed by atoms with E-state index in [9.17, 15) is 5.11 Å². The molecule has 1 aliphatic heterocycles. The topological polar surface area (TPSA) is 54.0 Å². The molecule has 1 saturated heterocycles. The number of fused-ring (bicyclic) bond motifs is 1. The molecule has 2 fully saturated rings. The summed E-state index contributed by atoms with van der Waals surface area (Å²) in [5, 5.41) is 13.3. The molecule has 1 aliphatic carbocycles. The number of rotatable bonds is 7. The molecule has 2 aliphatic rings. The molecule has 1 heterocycles. The Bertz CT molecular complexity index is 251. The first-order valence-corrected chi connectivity index (χ1v) is 7.54. The molecule has 3 atom stereocenters. The van der Waals surface area contributed by atoms with Crippen LogP contribution in [0.25, 0.3) is 0 Å². The summed E-state index contributed by atoms with van der Waals surface area (Å²) >= 11 is 0. The third-order valence-electron chi connectivity index (χ3n) is 4.16. The van der Waals surface area contributed by atoms with Crippen molar-refractivity contribution in [2.75, 3.05) is 46.5 Å². The highest BCUT2D eigenvalue weighted by atomic mass is 16.5. The van der Waals surface area contributed by atoms with Gasteiger partial charge in [0.15, 0.2) is 0 Å². The van der Waals surface area contributed by atoms with Gasteiger partial charge in [-0.1, -0.05) is 12.8 Å². The lowest BCUT2D eigenvalue weighted by atomic mass is 9.90. The van der Waals surface area contributed by atoms with E-state index in [4.69, 9.17) is 9.47 Å². The SMILES string of the molecule is COCCNCC(O)CN1CCOC2CCCCC21. The van der Waals surface area contributed by atoms with Gasteiger partial charge in [0.1, 0.15) is 0 Å². The van der Waals surface area contributed by atoms with Gasteiger partial charge in [-0.15, -0.1) is 0 Å². The first-order valence-electron chi connectivity index (χ1n) is 7.54. The zero-order valence-corrected chi connectivity index (χ0v) is 12.0. The minimum Gasteiger partial charge on any atom is -0.390 e. The summed E-state index contributed by atoms with van der Waals surface area (Å²) < 4.78 is 10.8. The van der Waals surface area contributed by atoms with E-state index in [1.165, 1.54) is 25.7 Å². The average Bonchev–Trinajstić information content (AvgIpc) is 2.44. The molecule has 5 heteroatoms. The number of methoxy groups -OCH3 is 1. The molecule has 0 bridgehead atoms. The Morgan fingerprint density at radius 2 is 2.26 bits per heavy atom. The molecule has 0 aromatic heterocycles. The lowest BCUT2D eigenvalue weighted by molar-refractivity contribution is -0.0969. The second-order valence-corrected chi connectivity index (χ2v) is 5.61. The molecule has 0 radical (unpaired) electrons. The summed E-state index contributed by atoms with van der Waals surface area (Å²) in [6.07, 6.45) is 5.07. The van der Waals surface area contributed by atoms with Gasteiger partial charge < -0.3 is 19.9 Å². The minimum absolute atomic E-state index is 0.308. The molecule has 0 spiro atoms. The number of aliphatic hydroxyl groups is 1. The number of aliphatic hydroxyl groups excluding tert-OH is 1. The number of β-amino-alcohol motifs (C(OH)–C–C–N with tert-alkyl or cyclic N) is 1. The van der Waals surface area contributed by atoms with E-state index >= 15 is 0 Å². The Morgan fingerprint density at radius 1 is 1.42 bits per heavy atom. The lowest BCUT2D eigenvalue weighted by Crippen LogP contribution is -2.55. The number of hydrogen-bond donors (Lipinski definition) is 2. The highest BCUT2D eigenvalue weighted by molar-refractivity contribution is 4.88. The Kier molecular flexibility index (Phi) is 6.53. The summed E-state index contributed by atoms with van der Waals surface area (Å²) in [5.41, 5.74) is 0. The Morgan fingerprint density at radius 3 is 3.11 bits per heavy atom. The van der Waals surface area contributed by atoms with Crippen LogP contribution in [0.15, 0.2) is 0 Å². The number of nitrogens with zero attached hydrogens (tertiary/aromatic N) is 1. The highest BCUT2D eigenvalue weighted by Crippen LogP contribution is 2.28. The van der Waals surface area contributed by atoms with Crippen LogP contribution in [0.2, 0.25) is 0 Å². The van der Waals surface area contributed by atoms with Crippen molar-refractivity contribution in [3.05, 3.63) is 0 Å². The van der Waals surface area contributed by atoms with E-state index in [1.807, 2.05) is 0 Å². The van der Waals surface area contributed by atoms with Gasteiger partial charge in [-0.05, 0) is 12.8 Å². The van der Waals surface area contributed by atoms with Gasteiger partial charge in [0, 0.05) is 39.3 Å². The fraction of sp³-hybridized carbons (Fsp3) is 1.00. The van der Waals surface area contributed by atoms with Crippen LogP contribution < -0.4 is 5.32 Å². The van der Waals surface area contributed by atoms with Crippen LogP contribution >= 0.6 is 0 Å². The summed E-state index contributed by atoms with van der Waals surface area (Å²) in [6, 6.07) is 0.524. The normalized spacial score (nSPS) is 30.0. The van der Waals surface area contributed by atoms with Gasteiger partial charge in [0.05, 0.1) is 25.4 Å². The molecule has 2 N–H and O–H groups in total. The van der Waals surface area contributed by atoms with E-state index in [0.717, 1.165) is 26.2 Å². The molecule has 5 nitrogen and oxygen atoms in total. The predicted molar refractivity (Wildman–Crippen MR) is 74.3 cm³/mol. The number of ether oxygens (including phenoxy) is 2. The molecule has 0 aromatic carbocycles. The molecular formula is C14H28N2O3. The summed E-state index contributed by atoms with van der Waals surface area (Å²) in [7, 11) is 1.69. The van der Waals surface area contributed by atoms with Crippen molar-refractivity contribution >= 4 is 0 Å². The molecule has 2 rings (SSSR count). The maximum absolute atomic E-state index is 10.1. The Labute approximate surface area is 116 Å². The quantitative estimate of drug-likeness (QED) is 0.650. The van der Waals surface area contributed by atoms with E-state index in [-0.39, 0.29) is 6.10 Å². The monoisotopic (exact) mass is 272 g/mol. The molecule has 112 valence electrons. The van der Waals surface area contributed by atoms with E-state index in [2.05, 4.69) is 10.2 Å². The molecule has 0 amide bonds. The van der Waals surface area contributed by atoms with Gasteiger partial charge in [0.25, 0.3) is 0 Å². The molecular weight excluding hydrogens is 244 g/mol. The first kappa shape index (κ1) is 15.2. The van der Waals surface area contributed by atoms with E-state index in [1.54, 1.807) is 7.11 Å². The van der Waals surface area contributed by atoms with Crippen LogP contribution in [0.3, 0.4) is 0 Å². The lowest BCUT2D eigenvalue weighted by Gasteiger charge is -2.44. The standard InChI is InChI=1S/C14H28N2O3/c1-18-8-6-15-10-12(17)11-16-7-9-19-14-5-3-2-4-13(14)16/h12-15,17H,2-11H2,1H3. The van der Waals surface area contributed by atoms with Crippen molar-refractivity contribution in [3.63, 3.8) is 0 Å². The largest absolute Gasteiger partial charge is 0.390 e. The molecule has 19 heavy (non-hydrogen) atoms. The molecule has 0 aromatic rings.